The number of hydrogen-bond donors (Lipinski definition) is 1. The van der Waals surface area contributed by atoms with Crippen molar-refractivity contribution in [3.05, 3.63) is 83.4 Å². The zero-order valence-corrected chi connectivity index (χ0v) is 20.8. The zero-order chi connectivity index (χ0) is 23.2. The molecule has 0 radical (unpaired) electrons. The maximum absolute atomic E-state index is 5.26. The minimum Gasteiger partial charge on any atom is -0.497 e. The molecule has 3 nitrogen and oxygen atoms in total. The molecule has 168 valence electrons. The van der Waals surface area contributed by atoms with E-state index >= 15 is 0 Å². The van der Waals surface area contributed by atoms with Gasteiger partial charge in [-0.3, -0.25) is 4.99 Å². The normalized spacial score (nSPS) is 11.7. The van der Waals surface area contributed by atoms with E-state index in [4.69, 9.17) is 9.73 Å². The van der Waals surface area contributed by atoms with Crippen LogP contribution in [0.5, 0.6) is 5.75 Å². The van der Waals surface area contributed by atoms with Gasteiger partial charge < -0.3 is 10.1 Å². The van der Waals surface area contributed by atoms with Gasteiger partial charge in [0, 0.05) is 18.5 Å². The molecule has 2 aromatic carbocycles. The van der Waals surface area contributed by atoms with Crippen molar-refractivity contribution in [3.8, 4) is 5.75 Å². The molecule has 0 aliphatic heterocycles. The molecule has 4 heteroatoms. The molecule has 1 unspecified atom stereocenters. The summed E-state index contributed by atoms with van der Waals surface area (Å²) in [7, 11) is 3.60. The lowest BCUT2D eigenvalue weighted by atomic mass is 10.0. The quantitative estimate of drug-likeness (QED) is 0.374. The molecule has 0 spiro atoms. The topological polar surface area (TPSA) is 33.6 Å². The molecule has 0 saturated heterocycles. The second kappa shape index (κ2) is 14.5. The van der Waals surface area contributed by atoms with E-state index in [1.807, 2.05) is 44.5 Å². The predicted octanol–water partition coefficient (Wildman–Crippen LogP) is 7.28. The Morgan fingerprint density at radius 3 is 2.35 bits per heavy atom. The highest BCUT2D eigenvalue weighted by Crippen LogP contribution is 2.25. The second-order valence-electron chi connectivity index (χ2n) is 7.09. The molecule has 2 rings (SSSR count). The van der Waals surface area contributed by atoms with Gasteiger partial charge in [-0.25, -0.2) is 0 Å². The second-order valence-corrected chi connectivity index (χ2v) is 8.26. The molecule has 2 aromatic rings. The van der Waals surface area contributed by atoms with Crippen molar-refractivity contribution in [3.63, 3.8) is 0 Å². The summed E-state index contributed by atoms with van der Waals surface area (Å²) in [5, 5.41) is 5.34. The Hall–Kier alpha value is -2.46. The Morgan fingerprint density at radius 2 is 1.81 bits per heavy atom. The van der Waals surface area contributed by atoms with Crippen LogP contribution < -0.4 is 10.1 Å². The van der Waals surface area contributed by atoms with Crippen LogP contribution in [0.4, 0.5) is 5.69 Å². The number of thioether (sulfide) groups is 1. The van der Waals surface area contributed by atoms with Gasteiger partial charge in [-0.1, -0.05) is 51.3 Å². The lowest BCUT2D eigenvalue weighted by Crippen LogP contribution is -2.19. The molecule has 1 N–H and O–H groups in total. The lowest BCUT2D eigenvalue weighted by Gasteiger charge is -2.17. The Bertz CT molecular complexity index is 856. The zero-order valence-electron chi connectivity index (χ0n) is 20.0. The Labute approximate surface area is 193 Å². The molecule has 0 aromatic heterocycles. The standard InChI is InChI=1S/C25H32N2OS.C2H6/c1-7-29-25(20(4)26-5)17-22-12-10-21(11-13-22)9-8-19(3)27-24-15-14-23(28-6)16-18(24)2;1-2/h7,10-16,25-26H,1,4,8-9,17H2,2-3,5-6H3;1-2H3. The molecule has 1 atom stereocenters. The van der Waals surface area contributed by atoms with Gasteiger partial charge in [0.25, 0.3) is 0 Å². The van der Waals surface area contributed by atoms with E-state index in [1.165, 1.54) is 11.1 Å². The van der Waals surface area contributed by atoms with Crippen molar-refractivity contribution in [2.45, 2.75) is 52.2 Å². The largest absolute Gasteiger partial charge is 0.497 e. The SMILES string of the molecule is C=CSC(Cc1ccc(CCC(C)=Nc2ccc(OC)cc2C)cc1)C(=C)NC.CC. The minimum absolute atomic E-state index is 0.297. The van der Waals surface area contributed by atoms with Crippen LogP contribution in [-0.2, 0) is 12.8 Å². The molecule has 0 saturated carbocycles. The fraction of sp³-hybridized carbons (Fsp3) is 0.370. The summed E-state index contributed by atoms with van der Waals surface area (Å²) in [5.74, 6) is 0.867. The molecule has 0 heterocycles. The number of aryl methyl sites for hydroxylation is 2. The first-order valence-electron chi connectivity index (χ1n) is 10.9. The average Bonchev–Trinajstić information content (AvgIpc) is 2.80. The van der Waals surface area contributed by atoms with Crippen LogP contribution >= 0.6 is 11.8 Å². The number of ether oxygens (including phenoxy) is 1. The van der Waals surface area contributed by atoms with Crippen molar-refractivity contribution in [2.24, 2.45) is 4.99 Å². The van der Waals surface area contributed by atoms with E-state index in [0.717, 1.165) is 47.7 Å². The van der Waals surface area contributed by atoms with Crippen LogP contribution in [0, 0.1) is 6.92 Å². The number of nitrogens with one attached hydrogen (secondary N) is 1. The van der Waals surface area contributed by atoms with E-state index in [1.54, 1.807) is 18.9 Å². The third-order valence-electron chi connectivity index (χ3n) is 4.91. The third-order valence-corrected chi connectivity index (χ3v) is 5.88. The van der Waals surface area contributed by atoms with Crippen LogP contribution in [0.1, 0.15) is 43.9 Å². The smallest absolute Gasteiger partial charge is 0.119 e. The minimum atomic E-state index is 0.297. The first-order chi connectivity index (χ1) is 15.0. The number of rotatable bonds is 11. The first kappa shape index (κ1) is 26.6. The monoisotopic (exact) mass is 438 g/mol. The number of methoxy groups -OCH3 is 1. The van der Waals surface area contributed by atoms with E-state index in [0.29, 0.717) is 5.25 Å². The van der Waals surface area contributed by atoms with Crippen molar-refractivity contribution in [1.82, 2.24) is 5.32 Å². The molecule has 0 amide bonds. The number of hydrogen-bond acceptors (Lipinski definition) is 4. The highest BCUT2D eigenvalue weighted by atomic mass is 32.2. The van der Waals surface area contributed by atoms with Crippen LogP contribution in [0.25, 0.3) is 0 Å². The van der Waals surface area contributed by atoms with Gasteiger partial charge in [-0.15, -0.1) is 11.8 Å². The highest BCUT2D eigenvalue weighted by molar-refractivity contribution is 8.02. The number of benzene rings is 2. The van der Waals surface area contributed by atoms with E-state index in [2.05, 4.69) is 56.6 Å². The maximum atomic E-state index is 5.26. The fourth-order valence-electron chi connectivity index (χ4n) is 3.05. The van der Waals surface area contributed by atoms with Crippen LogP contribution in [0.3, 0.4) is 0 Å². The van der Waals surface area contributed by atoms with Crippen molar-refractivity contribution >= 4 is 23.2 Å². The fourth-order valence-corrected chi connectivity index (χ4v) is 3.86. The molecule has 0 aliphatic carbocycles. The number of nitrogens with zero attached hydrogens (tertiary/aromatic N) is 1. The molecule has 31 heavy (non-hydrogen) atoms. The number of aliphatic imine (C=N–C) groups is 1. The van der Waals surface area contributed by atoms with Crippen LogP contribution in [0.15, 0.2) is 71.7 Å². The van der Waals surface area contributed by atoms with E-state index in [-0.39, 0.29) is 0 Å². The third kappa shape index (κ3) is 9.06. The first-order valence-corrected chi connectivity index (χ1v) is 11.8. The summed E-state index contributed by atoms with van der Waals surface area (Å²) in [6, 6.07) is 14.9. The van der Waals surface area contributed by atoms with Crippen molar-refractivity contribution < 1.29 is 4.74 Å². The summed E-state index contributed by atoms with van der Waals surface area (Å²) >= 11 is 1.70. The van der Waals surface area contributed by atoms with Gasteiger partial charge in [0.2, 0.25) is 0 Å². The maximum Gasteiger partial charge on any atom is 0.119 e. The van der Waals surface area contributed by atoms with Gasteiger partial charge >= 0.3 is 0 Å². The van der Waals surface area contributed by atoms with Gasteiger partial charge in [0.1, 0.15) is 5.75 Å². The molecule has 0 aliphatic rings. The van der Waals surface area contributed by atoms with Crippen molar-refractivity contribution in [2.75, 3.05) is 14.2 Å². The van der Waals surface area contributed by atoms with E-state index < -0.39 is 0 Å². The van der Waals surface area contributed by atoms with Crippen molar-refractivity contribution in [1.29, 1.82) is 0 Å². The molecule has 0 fully saturated rings. The summed E-state index contributed by atoms with van der Waals surface area (Å²) in [6.45, 7) is 16.1. The summed E-state index contributed by atoms with van der Waals surface area (Å²) in [6.07, 6.45) is 2.86. The highest BCUT2D eigenvalue weighted by Gasteiger charge is 2.12. The summed E-state index contributed by atoms with van der Waals surface area (Å²) in [5.41, 5.74) is 6.94. The summed E-state index contributed by atoms with van der Waals surface area (Å²) < 4.78 is 5.26. The summed E-state index contributed by atoms with van der Waals surface area (Å²) in [4.78, 5) is 4.79. The van der Waals surface area contributed by atoms with Gasteiger partial charge in [-0.05, 0) is 73.4 Å². The van der Waals surface area contributed by atoms with Gasteiger partial charge in [0.05, 0.1) is 18.0 Å². The van der Waals surface area contributed by atoms with Crippen LogP contribution in [-0.4, -0.2) is 25.1 Å². The molecular formula is C27H38N2OS. The van der Waals surface area contributed by atoms with E-state index in [9.17, 15) is 0 Å². The Morgan fingerprint density at radius 1 is 1.16 bits per heavy atom. The van der Waals surface area contributed by atoms with Gasteiger partial charge in [0.15, 0.2) is 0 Å². The lowest BCUT2D eigenvalue weighted by molar-refractivity contribution is 0.414. The Balaban J connectivity index is 0.00000233. The average molecular weight is 439 g/mol. The predicted molar refractivity (Wildman–Crippen MR) is 140 cm³/mol. The Kier molecular flexibility index (Phi) is 12.5. The molecule has 0 bridgehead atoms. The van der Waals surface area contributed by atoms with Gasteiger partial charge in [-0.2, -0.15) is 0 Å². The molecular weight excluding hydrogens is 400 g/mol. The van der Waals surface area contributed by atoms with Crippen LogP contribution in [0.2, 0.25) is 0 Å².